The van der Waals surface area contributed by atoms with Crippen LogP contribution in [0.5, 0.6) is 0 Å². The van der Waals surface area contributed by atoms with E-state index in [0.29, 0.717) is 16.7 Å². The average Bonchev–Trinajstić information content (AvgIpc) is 2.59. The molecule has 122 valence electrons. The Morgan fingerprint density at radius 2 is 1.54 bits per heavy atom. The molecule has 1 aliphatic rings. The van der Waals surface area contributed by atoms with Crippen LogP contribution in [-0.4, -0.2) is 11.7 Å². The standard InChI is InChI=1S/C21H21NO2/c1-14(15-9-5-4-6-10-15)22-20(24)18-13-21(2,3)19(23)17-12-8-7-11-16(17)18/h4-14H,1-3H3,(H,22,24)/t14-/m1/s1. The highest BCUT2D eigenvalue weighted by Gasteiger charge is 2.35. The van der Waals surface area contributed by atoms with Crippen LogP contribution >= 0.6 is 0 Å². The van der Waals surface area contributed by atoms with Gasteiger partial charge in [-0.2, -0.15) is 0 Å². The average molecular weight is 319 g/mol. The Labute approximate surface area is 142 Å². The Morgan fingerprint density at radius 3 is 2.21 bits per heavy atom. The Morgan fingerprint density at radius 1 is 0.958 bits per heavy atom. The number of carbonyl (C=O) groups excluding carboxylic acids is 2. The van der Waals surface area contributed by atoms with E-state index in [1.54, 1.807) is 12.1 Å². The van der Waals surface area contributed by atoms with Crippen molar-refractivity contribution in [2.75, 3.05) is 0 Å². The molecule has 24 heavy (non-hydrogen) atoms. The minimum absolute atomic E-state index is 0.0470. The second-order valence-corrected chi connectivity index (χ2v) is 6.76. The van der Waals surface area contributed by atoms with Crippen LogP contribution in [0.1, 0.15) is 48.3 Å². The van der Waals surface area contributed by atoms with Gasteiger partial charge in [-0.25, -0.2) is 0 Å². The zero-order valence-corrected chi connectivity index (χ0v) is 14.2. The van der Waals surface area contributed by atoms with E-state index in [-0.39, 0.29) is 17.7 Å². The van der Waals surface area contributed by atoms with E-state index in [2.05, 4.69) is 5.32 Å². The SMILES string of the molecule is C[C@@H](NC(=O)C1=CC(C)(C)C(=O)c2ccccc21)c1ccccc1. The van der Waals surface area contributed by atoms with Crippen molar-refractivity contribution >= 4 is 17.3 Å². The van der Waals surface area contributed by atoms with Crippen molar-refractivity contribution < 1.29 is 9.59 Å². The first kappa shape index (κ1) is 16.2. The number of allylic oxidation sites excluding steroid dienone is 1. The van der Waals surface area contributed by atoms with Crippen molar-refractivity contribution in [2.24, 2.45) is 5.41 Å². The molecule has 0 radical (unpaired) electrons. The van der Waals surface area contributed by atoms with Gasteiger partial charge in [0.1, 0.15) is 0 Å². The van der Waals surface area contributed by atoms with E-state index in [4.69, 9.17) is 0 Å². The van der Waals surface area contributed by atoms with Gasteiger partial charge in [0, 0.05) is 16.6 Å². The van der Waals surface area contributed by atoms with Crippen molar-refractivity contribution in [1.82, 2.24) is 5.32 Å². The Hall–Kier alpha value is -2.68. The van der Waals surface area contributed by atoms with Crippen LogP contribution in [0, 0.1) is 5.41 Å². The first-order chi connectivity index (χ1) is 11.4. The zero-order chi connectivity index (χ0) is 17.3. The molecular formula is C21H21NO2. The Balaban J connectivity index is 1.93. The van der Waals surface area contributed by atoms with E-state index in [1.807, 2.05) is 69.3 Å². The topological polar surface area (TPSA) is 46.2 Å². The van der Waals surface area contributed by atoms with Crippen LogP contribution in [-0.2, 0) is 4.79 Å². The van der Waals surface area contributed by atoms with Crippen LogP contribution in [0.3, 0.4) is 0 Å². The predicted octanol–water partition coefficient (Wildman–Crippen LogP) is 4.17. The van der Waals surface area contributed by atoms with Crippen molar-refractivity contribution in [1.29, 1.82) is 0 Å². The fraction of sp³-hybridized carbons (Fsp3) is 0.238. The van der Waals surface area contributed by atoms with Gasteiger partial charge in [0.15, 0.2) is 5.78 Å². The summed E-state index contributed by atoms with van der Waals surface area (Å²) in [4.78, 5) is 25.4. The van der Waals surface area contributed by atoms with Gasteiger partial charge in [-0.1, -0.05) is 60.7 Å². The molecule has 0 bridgehead atoms. The summed E-state index contributed by atoms with van der Waals surface area (Å²) in [5.74, 6) is -0.106. The molecule has 0 aliphatic heterocycles. The quantitative estimate of drug-likeness (QED) is 0.923. The fourth-order valence-electron chi connectivity index (χ4n) is 3.05. The summed E-state index contributed by atoms with van der Waals surface area (Å²) in [6.07, 6.45) is 1.78. The number of fused-ring (bicyclic) bond motifs is 1. The molecule has 3 nitrogen and oxygen atoms in total. The lowest BCUT2D eigenvalue weighted by atomic mass is 9.75. The first-order valence-corrected chi connectivity index (χ1v) is 8.13. The highest BCUT2D eigenvalue weighted by molar-refractivity contribution is 6.25. The molecule has 0 heterocycles. The van der Waals surface area contributed by atoms with Crippen LogP contribution in [0.4, 0.5) is 0 Å². The minimum Gasteiger partial charge on any atom is -0.346 e. The molecular weight excluding hydrogens is 298 g/mol. The molecule has 0 unspecified atom stereocenters. The Kier molecular flexibility index (Phi) is 4.10. The number of nitrogens with one attached hydrogen (secondary N) is 1. The summed E-state index contributed by atoms with van der Waals surface area (Å²) >= 11 is 0. The predicted molar refractivity (Wildman–Crippen MR) is 95.5 cm³/mol. The number of Topliss-reactive ketones (excluding diaryl/α,β-unsaturated/α-hetero) is 1. The lowest BCUT2D eigenvalue weighted by molar-refractivity contribution is -0.116. The second kappa shape index (κ2) is 6.08. The normalized spacial score (nSPS) is 16.8. The summed E-state index contributed by atoms with van der Waals surface area (Å²) in [6.45, 7) is 5.65. The first-order valence-electron chi connectivity index (χ1n) is 8.13. The smallest absolute Gasteiger partial charge is 0.252 e. The molecule has 0 fully saturated rings. The van der Waals surface area contributed by atoms with Gasteiger partial charge in [-0.3, -0.25) is 9.59 Å². The highest BCUT2D eigenvalue weighted by atomic mass is 16.2. The maximum atomic E-state index is 12.8. The van der Waals surface area contributed by atoms with Gasteiger partial charge in [0.2, 0.25) is 0 Å². The number of hydrogen-bond donors (Lipinski definition) is 1. The summed E-state index contributed by atoms with van der Waals surface area (Å²) in [5.41, 5.74) is 2.25. The monoisotopic (exact) mass is 319 g/mol. The highest BCUT2D eigenvalue weighted by Crippen LogP contribution is 2.36. The molecule has 0 aromatic heterocycles. The summed E-state index contributed by atoms with van der Waals surface area (Å²) in [6, 6.07) is 17.0. The van der Waals surface area contributed by atoms with Gasteiger partial charge in [0.25, 0.3) is 5.91 Å². The fourth-order valence-corrected chi connectivity index (χ4v) is 3.05. The molecule has 1 atom stereocenters. The van der Waals surface area contributed by atoms with E-state index >= 15 is 0 Å². The van der Waals surface area contributed by atoms with Gasteiger partial charge < -0.3 is 5.32 Å². The minimum atomic E-state index is -0.684. The van der Waals surface area contributed by atoms with Crippen molar-refractivity contribution in [3.63, 3.8) is 0 Å². The third kappa shape index (κ3) is 2.90. The molecule has 2 aromatic carbocycles. The number of carbonyl (C=O) groups is 2. The molecule has 1 amide bonds. The summed E-state index contributed by atoms with van der Waals surface area (Å²) in [5, 5.41) is 3.04. The number of amides is 1. The molecule has 1 aliphatic carbocycles. The maximum absolute atomic E-state index is 12.8. The number of benzene rings is 2. The third-order valence-corrected chi connectivity index (χ3v) is 4.44. The van der Waals surface area contributed by atoms with E-state index in [0.717, 1.165) is 5.56 Å². The molecule has 3 rings (SSSR count). The van der Waals surface area contributed by atoms with E-state index in [1.165, 1.54) is 0 Å². The lowest BCUT2D eigenvalue weighted by Gasteiger charge is -2.28. The largest absolute Gasteiger partial charge is 0.346 e. The molecule has 3 heteroatoms. The van der Waals surface area contributed by atoms with Crippen molar-refractivity contribution in [2.45, 2.75) is 26.8 Å². The number of ketones is 1. The van der Waals surface area contributed by atoms with Crippen molar-refractivity contribution in [3.05, 3.63) is 77.4 Å². The summed E-state index contributed by atoms with van der Waals surface area (Å²) in [7, 11) is 0. The molecule has 2 aromatic rings. The molecule has 0 saturated carbocycles. The van der Waals surface area contributed by atoms with Crippen molar-refractivity contribution in [3.8, 4) is 0 Å². The van der Waals surface area contributed by atoms with Crippen LogP contribution < -0.4 is 5.32 Å². The molecule has 0 spiro atoms. The maximum Gasteiger partial charge on any atom is 0.252 e. The Bertz CT molecular complexity index is 819. The van der Waals surface area contributed by atoms with Gasteiger partial charge in [-0.15, -0.1) is 0 Å². The number of rotatable bonds is 3. The number of hydrogen-bond acceptors (Lipinski definition) is 2. The van der Waals surface area contributed by atoms with Gasteiger partial charge in [0.05, 0.1) is 6.04 Å². The molecule has 1 N–H and O–H groups in total. The van der Waals surface area contributed by atoms with Crippen LogP contribution in [0.2, 0.25) is 0 Å². The van der Waals surface area contributed by atoms with Crippen LogP contribution in [0.15, 0.2) is 60.7 Å². The lowest BCUT2D eigenvalue weighted by Crippen LogP contribution is -2.33. The van der Waals surface area contributed by atoms with Gasteiger partial charge in [-0.05, 0) is 31.9 Å². The second-order valence-electron chi connectivity index (χ2n) is 6.76. The van der Waals surface area contributed by atoms with E-state index in [9.17, 15) is 9.59 Å². The van der Waals surface area contributed by atoms with E-state index < -0.39 is 5.41 Å². The summed E-state index contributed by atoms with van der Waals surface area (Å²) < 4.78 is 0. The van der Waals surface area contributed by atoms with Crippen LogP contribution in [0.25, 0.3) is 5.57 Å². The third-order valence-electron chi connectivity index (χ3n) is 4.44. The zero-order valence-electron chi connectivity index (χ0n) is 14.2. The van der Waals surface area contributed by atoms with Gasteiger partial charge >= 0.3 is 0 Å². The molecule has 0 saturated heterocycles.